The number of aryl methyl sites for hydroxylation is 1. The predicted molar refractivity (Wildman–Crippen MR) is 95.7 cm³/mol. The summed E-state index contributed by atoms with van der Waals surface area (Å²) in [6, 6.07) is 11.0. The third kappa shape index (κ3) is 2.95. The minimum atomic E-state index is -1.35. The first kappa shape index (κ1) is 17.7. The van der Waals surface area contributed by atoms with Gasteiger partial charge < -0.3 is 15.2 Å². The van der Waals surface area contributed by atoms with Gasteiger partial charge in [-0.25, -0.2) is 4.90 Å². The van der Waals surface area contributed by atoms with E-state index in [0.29, 0.717) is 11.4 Å². The van der Waals surface area contributed by atoms with Gasteiger partial charge in [0.15, 0.2) is 0 Å². The number of anilines is 2. The molecule has 2 aromatic carbocycles. The highest BCUT2D eigenvalue weighted by Gasteiger charge is 2.39. The number of carbonyl (C=O) groups excluding carboxylic acids is 3. The van der Waals surface area contributed by atoms with Crippen molar-refractivity contribution in [2.45, 2.75) is 13.8 Å². The van der Waals surface area contributed by atoms with E-state index in [1.54, 1.807) is 18.2 Å². The first-order valence-corrected chi connectivity index (χ1v) is 8.12. The number of carboxylic acids is 1. The van der Waals surface area contributed by atoms with Crippen LogP contribution >= 0.6 is 11.6 Å². The number of rotatable bonds is 4. The smallest absolute Gasteiger partial charge is 0.283 e. The number of halogens is 1. The summed E-state index contributed by atoms with van der Waals surface area (Å²) in [5.74, 6) is -2.59. The molecular weight excluding hydrogens is 356 g/mol. The van der Waals surface area contributed by atoms with Crippen LogP contribution in [0.3, 0.4) is 0 Å². The molecule has 0 fully saturated rings. The molecular formula is C19H14ClN2O4-. The summed E-state index contributed by atoms with van der Waals surface area (Å²) in [5, 5.41) is 13.5. The summed E-state index contributed by atoms with van der Waals surface area (Å²) in [7, 11) is 0. The first-order valence-electron chi connectivity index (χ1n) is 7.74. The molecule has 6 nitrogen and oxygen atoms in total. The number of carboxylic acid groups (broad SMARTS) is 1. The zero-order chi connectivity index (χ0) is 19.0. The van der Waals surface area contributed by atoms with E-state index in [9.17, 15) is 19.5 Å². The van der Waals surface area contributed by atoms with E-state index in [1.807, 2.05) is 19.9 Å². The number of carbonyl (C=O) groups is 3. The van der Waals surface area contributed by atoms with Gasteiger partial charge in [-0.05, 0) is 48.7 Å². The molecule has 0 spiro atoms. The van der Waals surface area contributed by atoms with Crippen molar-refractivity contribution in [3.05, 3.63) is 69.9 Å². The summed E-state index contributed by atoms with van der Waals surface area (Å²) in [4.78, 5) is 37.3. The maximum Gasteiger partial charge on any atom is 0.283 e. The third-order valence-electron chi connectivity index (χ3n) is 4.21. The van der Waals surface area contributed by atoms with Crippen LogP contribution in [0.4, 0.5) is 11.4 Å². The third-order valence-corrected chi connectivity index (χ3v) is 4.56. The number of hydrogen-bond donors (Lipinski definition) is 1. The maximum absolute atomic E-state index is 12.8. The Kier molecular flexibility index (Phi) is 4.52. The highest BCUT2D eigenvalue weighted by molar-refractivity contribution is 6.53. The van der Waals surface area contributed by atoms with E-state index >= 15 is 0 Å². The van der Waals surface area contributed by atoms with Crippen molar-refractivity contribution >= 4 is 40.8 Å². The van der Waals surface area contributed by atoms with Crippen LogP contribution < -0.4 is 15.3 Å². The van der Waals surface area contributed by atoms with Gasteiger partial charge in [0.05, 0.1) is 11.7 Å². The van der Waals surface area contributed by atoms with Crippen molar-refractivity contribution in [2.75, 3.05) is 10.2 Å². The molecule has 0 atom stereocenters. The van der Waals surface area contributed by atoms with E-state index < -0.39 is 17.8 Å². The molecule has 1 heterocycles. The Morgan fingerprint density at radius 1 is 1.08 bits per heavy atom. The molecule has 1 N–H and O–H groups in total. The van der Waals surface area contributed by atoms with E-state index in [0.717, 1.165) is 16.0 Å². The molecule has 3 rings (SSSR count). The molecule has 0 bridgehead atoms. The van der Waals surface area contributed by atoms with Crippen molar-refractivity contribution in [3.8, 4) is 0 Å². The SMILES string of the molecule is Cc1cccc(N2C(=O)C(Cl)=C(Nc3cccc(C(=O)[O-])c3)C2=O)c1C. The van der Waals surface area contributed by atoms with Gasteiger partial charge in [0.25, 0.3) is 11.8 Å². The number of nitrogens with one attached hydrogen (secondary N) is 1. The summed E-state index contributed by atoms with van der Waals surface area (Å²) < 4.78 is 0. The Bertz CT molecular complexity index is 981. The summed E-state index contributed by atoms with van der Waals surface area (Å²) in [6.45, 7) is 3.69. The second-order valence-corrected chi connectivity index (χ2v) is 6.22. The van der Waals surface area contributed by atoms with E-state index in [1.165, 1.54) is 18.2 Å². The topological polar surface area (TPSA) is 89.5 Å². The number of nitrogens with zero attached hydrogens (tertiary/aromatic N) is 1. The second kappa shape index (κ2) is 6.65. The molecule has 1 aliphatic rings. The van der Waals surface area contributed by atoms with E-state index in [2.05, 4.69) is 5.32 Å². The van der Waals surface area contributed by atoms with Gasteiger partial charge in [-0.15, -0.1) is 0 Å². The van der Waals surface area contributed by atoms with E-state index in [4.69, 9.17) is 11.6 Å². The lowest BCUT2D eigenvalue weighted by Crippen LogP contribution is -2.33. The van der Waals surface area contributed by atoms with Crippen molar-refractivity contribution in [3.63, 3.8) is 0 Å². The largest absolute Gasteiger partial charge is 0.545 e. The van der Waals surface area contributed by atoms with Crippen LogP contribution in [0.1, 0.15) is 21.5 Å². The Balaban J connectivity index is 1.96. The molecule has 2 aromatic rings. The fraction of sp³-hybridized carbons (Fsp3) is 0.105. The van der Waals surface area contributed by atoms with Gasteiger partial charge in [0.2, 0.25) is 0 Å². The quantitative estimate of drug-likeness (QED) is 0.833. The predicted octanol–water partition coefficient (Wildman–Crippen LogP) is 2.10. The number of hydrogen-bond acceptors (Lipinski definition) is 5. The van der Waals surface area contributed by atoms with Crippen LogP contribution in [0.25, 0.3) is 0 Å². The first-order chi connectivity index (χ1) is 12.3. The van der Waals surface area contributed by atoms with Crippen molar-refractivity contribution in [1.82, 2.24) is 0 Å². The number of imide groups is 1. The number of amides is 2. The molecule has 0 saturated carbocycles. The summed E-state index contributed by atoms with van der Waals surface area (Å²) in [5.41, 5.74) is 2.33. The molecule has 0 unspecified atom stereocenters. The summed E-state index contributed by atoms with van der Waals surface area (Å²) >= 11 is 6.09. The second-order valence-electron chi connectivity index (χ2n) is 5.85. The van der Waals surface area contributed by atoms with Gasteiger partial charge in [0, 0.05) is 5.69 Å². The Morgan fingerprint density at radius 3 is 2.46 bits per heavy atom. The fourth-order valence-corrected chi connectivity index (χ4v) is 2.89. The van der Waals surface area contributed by atoms with Gasteiger partial charge in [-0.3, -0.25) is 9.59 Å². The average molecular weight is 370 g/mol. The maximum atomic E-state index is 12.8. The standard InChI is InChI=1S/C19H15ClN2O4/c1-10-5-3-8-14(11(10)2)22-17(23)15(20)16(18(22)24)21-13-7-4-6-12(9-13)19(25)26/h3-9,21H,1-2H3,(H,25,26)/p-1. The number of aromatic carboxylic acids is 1. The molecule has 7 heteroatoms. The van der Waals surface area contributed by atoms with Crippen molar-refractivity contribution in [1.29, 1.82) is 0 Å². The minimum Gasteiger partial charge on any atom is -0.545 e. The van der Waals surface area contributed by atoms with Gasteiger partial charge >= 0.3 is 0 Å². The molecule has 0 aliphatic carbocycles. The Labute approximate surface area is 154 Å². The minimum absolute atomic E-state index is 0.0603. The van der Waals surface area contributed by atoms with Crippen LogP contribution in [-0.4, -0.2) is 17.8 Å². The van der Waals surface area contributed by atoms with E-state index in [-0.39, 0.29) is 16.3 Å². The molecule has 1 aliphatic heterocycles. The lowest BCUT2D eigenvalue weighted by molar-refractivity contribution is -0.255. The molecule has 0 saturated heterocycles. The summed E-state index contributed by atoms with van der Waals surface area (Å²) in [6.07, 6.45) is 0. The molecule has 132 valence electrons. The lowest BCUT2D eigenvalue weighted by Gasteiger charge is -2.18. The normalized spacial score (nSPS) is 14.2. The monoisotopic (exact) mass is 369 g/mol. The number of benzene rings is 2. The van der Waals surface area contributed by atoms with Gasteiger partial charge in [-0.1, -0.05) is 35.9 Å². The lowest BCUT2D eigenvalue weighted by atomic mass is 10.1. The van der Waals surface area contributed by atoms with Crippen LogP contribution in [0.2, 0.25) is 0 Å². The Morgan fingerprint density at radius 2 is 1.77 bits per heavy atom. The molecule has 0 aromatic heterocycles. The van der Waals surface area contributed by atoms with Crippen LogP contribution in [0.15, 0.2) is 53.2 Å². The average Bonchev–Trinajstić information content (AvgIpc) is 2.81. The fourth-order valence-electron chi connectivity index (χ4n) is 2.68. The van der Waals surface area contributed by atoms with Crippen LogP contribution in [0, 0.1) is 13.8 Å². The highest BCUT2D eigenvalue weighted by atomic mass is 35.5. The van der Waals surface area contributed by atoms with Crippen LogP contribution in [-0.2, 0) is 9.59 Å². The highest BCUT2D eigenvalue weighted by Crippen LogP contribution is 2.32. The molecule has 26 heavy (non-hydrogen) atoms. The zero-order valence-corrected chi connectivity index (χ0v) is 14.8. The molecule has 0 radical (unpaired) electrons. The van der Waals surface area contributed by atoms with Crippen molar-refractivity contribution < 1.29 is 19.5 Å². The van der Waals surface area contributed by atoms with Crippen LogP contribution in [0.5, 0.6) is 0 Å². The Hall–Kier alpha value is -3.12. The van der Waals surface area contributed by atoms with Crippen molar-refractivity contribution in [2.24, 2.45) is 0 Å². The van der Waals surface area contributed by atoms with Gasteiger partial charge in [-0.2, -0.15) is 0 Å². The molecule has 2 amide bonds. The zero-order valence-electron chi connectivity index (χ0n) is 14.0. The van der Waals surface area contributed by atoms with Gasteiger partial charge in [0.1, 0.15) is 10.7 Å².